The van der Waals surface area contributed by atoms with Crippen molar-refractivity contribution in [2.75, 3.05) is 0 Å². The zero-order valence-electron chi connectivity index (χ0n) is 12.8. The van der Waals surface area contributed by atoms with E-state index in [1.54, 1.807) is 12.1 Å². The van der Waals surface area contributed by atoms with E-state index in [4.69, 9.17) is 5.11 Å². The molecule has 1 aliphatic carbocycles. The standard InChI is InChI=1S/C18H15F3N2O/c1-11-8-14-9-15(23-18(19,20)21)6-7-16(14)22-17(11)13-4-2-12(10-24)3-5-13/h2,4,6-9,16,22-24H,10H2,1H3. The van der Waals surface area contributed by atoms with Crippen LogP contribution in [-0.2, 0) is 6.61 Å². The Bertz CT molecular complexity index is 755. The third-order valence-corrected chi connectivity index (χ3v) is 3.76. The van der Waals surface area contributed by atoms with Gasteiger partial charge >= 0.3 is 6.30 Å². The molecule has 1 unspecified atom stereocenters. The van der Waals surface area contributed by atoms with Crippen molar-refractivity contribution in [3.63, 3.8) is 0 Å². The van der Waals surface area contributed by atoms with E-state index in [0.29, 0.717) is 5.56 Å². The molecule has 2 aliphatic rings. The van der Waals surface area contributed by atoms with Crippen LogP contribution in [0.1, 0.15) is 18.1 Å². The van der Waals surface area contributed by atoms with Gasteiger partial charge in [-0.1, -0.05) is 24.3 Å². The van der Waals surface area contributed by atoms with Gasteiger partial charge in [-0.2, -0.15) is 13.2 Å². The maximum absolute atomic E-state index is 12.4. The molecule has 1 aromatic rings. The zero-order chi connectivity index (χ0) is 17.3. The highest BCUT2D eigenvalue weighted by atomic mass is 19.4. The first-order valence-corrected chi connectivity index (χ1v) is 7.33. The maximum Gasteiger partial charge on any atom is 0.482 e. The molecule has 3 N–H and O–H groups in total. The van der Waals surface area contributed by atoms with Crippen LogP contribution in [-0.4, -0.2) is 17.4 Å². The monoisotopic (exact) mass is 332 g/mol. The largest absolute Gasteiger partial charge is 0.482 e. The van der Waals surface area contributed by atoms with Gasteiger partial charge in [0.05, 0.1) is 18.3 Å². The number of allylic oxidation sites excluding steroid dienone is 3. The Hall–Kier alpha value is -2.65. The molecule has 0 aromatic heterocycles. The van der Waals surface area contributed by atoms with Crippen LogP contribution in [0.5, 0.6) is 0 Å². The summed E-state index contributed by atoms with van der Waals surface area (Å²) in [4.78, 5) is 0. The van der Waals surface area contributed by atoms with E-state index < -0.39 is 6.30 Å². The Morgan fingerprint density at radius 2 is 2.04 bits per heavy atom. The first-order chi connectivity index (χ1) is 11.4. The molecule has 3 rings (SSSR count). The van der Waals surface area contributed by atoms with Crippen LogP contribution in [0.15, 0.2) is 53.3 Å². The Kier molecular flexibility index (Phi) is 4.12. The molecule has 0 amide bonds. The highest BCUT2D eigenvalue weighted by Gasteiger charge is 2.29. The predicted octanol–water partition coefficient (Wildman–Crippen LogP) is 2.97. The summed E-state index contributed by atoms with van der Waals surface area (Å²) in [6, 6.07) is 9.25. The maximum atomic E-state index is 12.4. The fraction of sp³-hybridized carbons (Fsp3) is 0.222. The third-order valence-electron chi connectivity index (χ3n) is 3.76. The third kappa shape index (κ3) is 3.47. The predicted molar refractivity (Wildman–Crippen MR) is 84.1 cm³/mol. The number of hydrogen-bond donors (Lipinski definition) is 3. The number of hydrogen-bond acceptors (Lipinski definition) is 3. The van der Waals surface area contributed by atoms with E-state index in [9.17, 15) is 13.2 Å². The number of nitrogens with one attached hydrogen (secondary N) is 2. The average molecular weight is 332 g/mol. The zero-order valence-corrected chi connectivity index (χ0v) is 12.8. The van der Waals surface area contributed by atoms with Gasteiger partial charge < -0.3 is 10.4 Å². The molecule has 0 bridgehead atoms. The molecule has 0 radical (unpaired) electrons. The Morgan fingerprint density at radius 1 is 1.25 bits per heavy atom. The van der Waals surface area contributed by atoms with Gasteiger partial charge in [0.1, 0.15) is 0 Å². The number of rotatable bonds is 3. The second-order valence-corrected chi connectivity index (χ2v) is 5.59. The van der Waals surface area contributed by atoms with Gasteiger partial charge in [0.2, 0.25) is 0 Å². The van der Waals surface area contributed by atoms with Crippen molar-refractivity contribution in [2.45, 2.75) is 25.9 Å². The molecule has 1 aromatic carbocycles. The summed E-state index contributed by atoms with van der Waals surface area (Å²) in [7, 11) is 0. The summed E-state index contributed by atoms with van der Waals surface area (Å²) < 4.78 is 37.3. The lowest BCUT2D eigenvalue weighted by Crippen LogP contribution is -2.35. The van der Waals surface area contributed by atoms with Gasteiger partial charge in [-0.05, 0) is 42.4 Å². The normalized spacial score (nSPS) is 19.8. The van der Waals surface area contributed by atoms with Crippen LogP contribution in [0.25, 0.3) is 5.70 Å². The average Bonchev–Trinajstić information content (AvgIpc) is 2.53. The van der Waals surface area contributed by atoms with Crippen molar-refractivity contribution < 1.29 is 18.3 Å². The summed E-state index contributed by atoms with van der Waals surface area (Å²) in [5, 5.41) is 13.9. The summed E-state index contributed by atoms with van der Waals surface area (Å²) in [5.74, 6) is 0. The van der Waals surface area contributed by atoms with Crippen molar-refractivity contribution in [3.05, 3.63) is 76.5 Å². The molecule has 1 atom stereocenters. The van der Waals surface area contributed by atoms with Gasteiger partial charge in [0.25, 0.3) is 0 Å². The fourth-order valence-electron chi connectivity index (χ4n) is 2.67. The quantitative estimate of drug-likeness (QED) is 0.746. The van der Waals surface area contributed by atoms with E-state index in [0.717, 1.165) is 22.4 Å². The number of dihydropyridines is 1. The minimum Gasteiger partial charge on any atom is -0.391 e. The van der Waals surface area contributed by atoms with E-state index in [2.05, 4.69) is 17.4 Å². The highest BCUT2D eigenvalue weighted by molar-refractivity contribution is 5.72. The lowest BCUT2D eigenvalue weighted by atomic mass is 9.92. The Balaban J connectivity index is 1.88. The van der Waals surface area contributed by atoms with Gasteiger partial charge in [-0.25, -0.2) is 0 Å². The molecule has 24 heavy (non-hydrogen) atoms. The summed E-state index contributed by atoms with van der Waals surface area (Å²) in [6.45, 7) is 1.78. The number of aliphatic hydroxyl groups excluding tert-OH is 1. The molecule has 1 heterocycles. The molecule has 124 valence electrons. The van der Waals surface area contributed by atoms with Crippen LogP contribution < -0.4 is 10.6 Å². The molecular weight excluding hydrogens is 317 g/mol. The lowest BCUT2D eigenvalue weighted by molar-refractivity contribution is -0.148. The van der Waals surface area contributed by atoms with Crippen molar-refractivity contribution in [2.24, 2.45) is 0 Å². The first-order valence-electron chi connectivity index (χ1n) is 7.33. The van der Waals surface area contributed by atoms with Gasteiger partial charge in [0, 0.05) is 16.8 Å². The van der Waals surface area contributed by atoms with Gasteiger partial charge in [-0.15, -0.1) is 0 Å². The second-order valence-electron chi connectivity index (χ2n) is 5.59. The van der Waals surface area contributed by atoms with Gasteiger partial charge in [0.15, 0.2) is 0 Å². The topological polar surface area (TPSA) is 44.3 Å². The Labute approximate surface area is 137 Å². The second kappa shape index (κ2) is 6.10. The molecule has 0 saturated heterocycles. The first kappa shape index (κ1) is 16.2. The van der Waals surface area contributed by atoms with Crippen LogP contribution in [0.3, 0.4) is 0 Å². The summed E-state index contributed by atoms with van der Waals surface area (Å²) >= 11 is 0. The molecular formula is C18H15F3N2O. The number of halogens is 3. The van der Waals surface area contributed by atoms with Crippen LogP contribution in [0.2, 0.25) is 0 Å². The van der Waals surface area contributed by atoms with Gasteiger partial charge in [-0.3, -0.25) is 5.32 Å². The van der Waals surface area contributed by atoms with E-state index in [1.165, 1.54) is 17.5 Å². The highest BCUT2D eigenvalue weighted by Crippen LogP contribution is 2.28. The molecule has 0 spiro atoms. The van der Waals surface area contributed by atoms with Crippen LogP contribution >= 0.6 is 0 Å². The van der Waals surface area contributed by atoms with Crippen LogP contribution in [0.4, 0.5) is 13.2 Å². The van der Waals surface area contributed by atoms with E-state index in [-0.39, 0.29) is 18.3 Å². The fourth-order valence-corrected chi connectivity index (χ4v) is 2.67. The minimum absolute atomic E-state index is 0.00949. The molecule has 6 heteroatoms. The number of aliphatic hydroxyl groups is 1. The molecule has 0 fully saturated rings. The Morgan fingerprint density at radius 3 is 2.67 bits per heavy atom. The minimum atomic E-state index is -4.46. The number of alkyl halides is 3. The van der Waals surface area contributed by atoms with Crippen molar-refractivity contribution in [1.82, 2.24) is 10.6 Å². The van der Waals surface area contributed by atoms with E-state index >= 15 is 0 Å². The SMILES string of the molecule is CC1=C(c2c#cc(CO)cc2)NC2C=CC(NC(F)(F)F)=CC2=C1. The molecule has 0 saturated carbocycles. The van der Waals surface area contributed by atoms with Crippen LogP contribution in [0, 0.1) is 12.1 Å². The van der Waals surface area contributed by atoms with E-state index in [1.807, 2.05) is 19.1 Å². The van der Waals surface area contributed by atoms with Crippen molar-refractivity contribution in [3.8, 4) is 0 Å². The van der Waals surface area contributed by atoms with Crippen molar-refractivity contribution in [1.29, 1.82) is 0 Å². The molecule has 3 nitrogen and oxygen atoms in total. The number of fused-ring (bicyclic) bond motifs is 1. The summed E-state index contributed by atoms with van der Waals surface area (Å²) in [6.07, 6.45) is 1.96. The van der Waals surface area contributed by atoms with Crippen molar-refractivity contribution >= 4 is 5.70 Å². The smallest absolute Gasteiger partial charge is 0.391 e. The summed E-state index contributed by atoms with van der Waals surface area (Å²) in [5.41, 5.74) is 3.93. The lowest BCUT2D eigenvalue weighted by Gasteiger charge is -2.29. The molecule has 1 aliphatic heterocycles.